The zero-order valence-corrected chi connectivity index (χ0v) is 11.9. The van der Waals surface area contributed by atoms with Gasteiger partial charge in [0.15, 0.2) is 0 Å². The normalized spacial score (nSPS) is 14.5. The SMILES string of the molecule is Cc1cc(Cl)ccc1OCCNC(=O)N1CCCC1. The fourth-order valence-corrected chi connectivity index (χ4v) is 2.35. The standard InChI is InChI=1S/C14H19ClN2O2/c1-11-10-12(15)4-5-13(11)19-9-6-16-14(18)17-7-2-3-8-17/h4-5,10H,2-3,6-9H2,1H3,(H,16,18). The molecule has 0 radical (unpaired) electrons. The first-order valence-corrected chi connectivity index (χ1v) is 6.96. The number of nitrogens with one attached hydrogen (secondary N) is 1. The molecule has 4 nitrogen and oxygen atoms in total. The molecule has 1 aromatic carbocycles. The van der Waals surface area contributed by atoms with Gasteiger partial charge in [-0.3, -0.25) is 0 Å². The molecule has 0 aromatic heterocycles. The third-order valence-electron chi connectivity index (χ3n) is 3.17. The predicted molar refractivity (Wildman–Crippen MR) is 75.9 cm³/mol. The minimum Gasteiger partial charge on any atom is -0.491 e. The smallest absolute Gasteiger partial charge is 0.317 e. The van der Waals surface area contributed by atoms with E-state index >= 15 is 0 Å². The Morgan fingerprint density at radius 3 is 2.84 bits per heavy atom. The van der Waals surface area contributed by atoms with E-state index in [1.807, 2.05) is 24.0 Å². The maximum absolute atomic E-state index is 11.7. The molecule has 0 atom stereocenters. The number of urea groups is 1. The minimum atomic E-state index is 0.00827. The summed E-state index contributed by atoms with van der Waals surface area (Å²) in [5, 5.41) is 3.56. The summed E-state index contributed by atoms with van der Waals surface area (Å²) in [4.78, 5) is 13.6. The van der Waals surface area contributed by atoms with Gasteiger partial charge in [-0.05, 0) is 43.5 Å². The van der Waals surface area contributed by atoms with Gasteiger partial charge in [0, 0.05) is 18.1 Å². The molecule has 1 heterocycles. The number of hydrogen-bond acceptors (Lipinski definition) is 2. The summed E-state index contributed by atoms with van der Waals surface area (Å²) >= 11 is 5.87. The van der Waals surface area contributed by atoms with E-state index in [0.717, 1.165) is 37.2 Å². The Hall–Kier alpha value is -1.42. The molecule has 0 unspecified atom stereocenters. The van der Waals surface area contributed by atoms with Crippen LogP contribution in [-0.2, 0) is 0 Å². The van der Waals surface area contributed by atoms with Crippen molar-refractivity contribution in [2.24, 2.45) is 0 Å². The summed E-state index contributed by atoms with van der Waals surface area (Å²) in [6, 6.07) is 5.51. The zero-order chi connectivity index (χ0) is 13.7. The van der Waals surface area contributed by atoms with Gasteiger partial charge in [-0.25, -0.2) is 4.79 Å². The fraction of sp³-hybridized carbons (Fsp3) is 0.500. The highest BCUT2D eigenvalue weighted by molar-refractivity contribution is 6.30. The van der Waals surface area contributed by atoms with Crippen LogP contribution in [0.2, 0.25) is 5.02 Å². The number of ether oxygens (including phenoxy) is 1. The molecule has 1 aromatic rings. The molecule has 0 bridgehead atoms. The van der Waals surface area contributed by atoms with Crippen LogP contribution in [0.5, 0.6) is 5.75 Å². The van der Waals surface area contributed by atoms with Gasteiger partial charge in [0.1, 0.15) is 12.4 Å². The lowest BCUT2D eigenvalue weighted by Gasteiger charge is -2.16. The van der Waals surface area contributed by atoms with Crippen LogP contribution in [0.25, 0.3) is 0 Å². The van der Waals surface area contributed by atoms with Crippen LogP contribution in [0, 0.1) is 6.92 Å². The Morgan fingerprint density at radius 2 is 2.16 bits per heavy atom. The summed E-state index contributed by atoms with van der Waals surface area (Å²) in [6.07, 6.45) is 2.21. The molecule has 19 heavy (non-hydrogen) atoms. The highest BCUT2D eigenvalue weighted by Crippen LogP contribution is 2.21. The number of carbonyl (C=O) groups excluding carboxylic acids is 1. The van der Waals surface area contributed by atoms with Crippen LogP contribution in [0.1, 0.15) is 18.4 Å². The average molecular weight is 283 g/mol. The van der Waals surface area contributed by atoms with Gasteiger partial charge in [-0.2, -0.15) is 0 Å². The predicted octanol–water partition coefficient (Wildman–Crippen LogP) is 2.83. The Balaban J connectivity index is 1.70. The van der Waals surface area contributed by atoms with E-state index < -0.39 is 0 Å². The van der Waals surface area contributed by atoms with Crippen LogP contribution in [0.3, 0.4) is 0 Å². The van der Waals surface area contributed by atoms with Crippen molar-refractivity contribution in [1.82, 2.24) is 10.2 Å². The molecule has 0 saturated carbocycles. The highest BCUT2D eigenvalue weighted by Gasteiger charge is 2.16. The van der Waals surface area contributed by atoms with E-state index in [2.05, 4.69) is 5.32 Å². The van der Waals surface area contributed by atoms with E-state index in [-0.39, 0.29) is 6.03 Å². The number of hydrogen-bond donors (Lipinski definition) is 1. The monoisotopic (exact) mass is 282 g/mol. The Labute approximate surface area is 118 Å². The summed E-state index contributed by atoms with van der Waals surface area (Å²) in [5.41, 5.74) is 0.998. The molecule has 0 spiro atoms. The van der Waals surface area contributed by atoms with Crippen molar-refractivity contribution in [3.8, 4) is 5.75 Å². The number of rotatable bonds is 4. The Bertz CT molecular complexity index is 445. The largest absolute Gasteiger partial charge is 0.491 e. The summed E-state index contributed by atoms with van der Waals surface area (Å²) < 4.78 is 5.61. The lowest BCUT2D eigenvalue weighted by atomic mass is 10.2. The van der Waals surface area contributed by atoms with Crippen LogP contribution >= 0.6 is 11.6 Å². The van der Waals surface area contributed by atoms with Crippen LogP contribution in [-0.4, -0.2) is 37.2 Å². The van der Waals surface area contributed by atoms with Crippen molar-refractivity contribution in [3.05, 3.63) is 28.8 Å². The van der Waals surface area contributed by atoms with E-state index in [4.69, 9.17) is 16.3 Å². The van der Waals surface area contributed by atoms with E-state index in [9.17, 15) is 4.79 Å². The lowest BCUT2D eigenvalue weighted by Crippen LogP contribution is -2.39. The molecule has 104 valence electrons. The topological polar surface area (TPSA) is 41.6 Å². The van der Waals surface area contributed by atoms with Crippen LogP contribution in [0.4, 0.5) is 4.79 Å². The third-order valence-corrected chi connectivity index (χ3v) is 3.40. The van der Waals surface area contributed by atoms with Gasteiger partial charge in [-0.15, -0.1) is 0 Å². The quantitative estimate of drug-likeness (QED) is 0.863. The lowest BCUT2D eigenvalue weighted by molar-refractivity contribution is 0.205. The van der Waals surface area contributed by atoms with Crippen molar-refractivity contribution >= 4 is 17.6 Å². The van der Waals surface area contributed by atoms with Gasteiger partial charge in [0.05, 0.1) is 6.54 Å². The molecule has 0 aliphatic carbocycles. The van der Waals surface area contributed by atoms with Gasteiger partial charge in [0.2, 0.25) is 0 Å². The second kappa shape index (κ2) is 6.66. The van der Waals surface area contributed by atoms with Crippen molar-refractivity contribution in [3.63, 3.8) is 0 Å². The van der Waals surface area contributed by atoms with E-state index in [0.29, 0.717) is 18.2 Å². The van der Waals surface area contributed by atoms with Crippen molar-refractivity contribution in [2.75, 3.05) is 26.2 Å². The first-order chi connectivity index (χ1) is 9.16. The molecule has 1 fully saturated rings. The van der Waals surface area contributed by atoms with Crippen molar-refractivity contribution in [2.45, 2.75) is 19.8 Å². The average Bonchev–Trinajstić information content (AvgIpc) is 2.90. The van der Waals surface area contributed by atoms with Crippen LogP contribution < -0.4 is 10.1 Å². The molecular formula is C14H19ClN2O2. The number of halogens is 1. The number of carbonyl (C=O) groups is 1. The van der Waals surface area contributed by atoms with E-state index in [1.54, 1.807) is 6.07 Å². The number of amides is 2. The molecular weight excluding hydrogens is 264 g/mol. The van der Waals surface area contributed by atoms with E-state index in [1.165, 1.54) is 0 Å². The minimum absolute atomic E-state index is 0.00827. The molecule has 1 saturated heterocycles. The van der Waals surface area contributed by atoms with Crippen LogP contribution in [0.15, 0.2) is 18.2 Å². The number of likely N-dealkylation sites (tertiary alicyclic amines) is 1. The molecule has 2 rings (SSSR count). The molecule has 1 aliphatic heterocycles. The zero-order valence-electron chi connectivity index (χ0n) is 11.1. The summed E-state index contributed by atoms with van der Waals surface area (Å²) in [6.45, 7) is 4.65. The van der Waals surface area contributed by atoms with Gasteiger partial charge in [0.25, 0.3) is 0 Å². The number of aryl methyl sites for hydroxylation is 1. The molecule has 2 amide bonds. The Kier molecular flexibility index (Phi) is 4.91. The fourth-order valence-electron chi connectivity index (χ4n) is 2.13. The number of nitrogens with zero attached hydrogens (tertiary/aromatic N) is 1. The van der Waals surface area contributed by atoms with Gasteiger partial charge < -0.3 is 15.0 Å². The van der Waals surface area contributed by atoms with Crippen molar-refractivity contribution in [1.29, 1.82) is 0 Å². The third kappa shape index (κ3) is 4.03. The summed E-state index contributed by atoms with van der Waals surface area (Å²) in [7, 11) is 0. The maximum Gasteiger partial charge on any atom is 0.317 e. The number of benzene rings is 1. The molecule has 1 N–H and O–H groups in total. The second-order valence-corrected chi connectivity index (χ2v) is 5.12. The highest BCUT2D eigenvalue weighted by atomic mass is 35.5. The van der Waals surface area contributed by atoms with Gasteiger partial charge >= 0.3 is 6.03 Å². The molecule has 1 aliphatic rings. The summed E-state index contributed by atoms with van der Waals surface area (Å²) in [5.74, 6) is 0.805. The first kappa shape index (κ1) is 14.0. The first-order valence-electron chi connectivity index (χ1n) is 6.58. The second-order valence-electron chi connectivity index (χ2n) is 4.68. The molecule has 5 heteroatoms. The van der Waals surface area contributed by atoms with Gasteiger partial charge in [-0.1, -0.05) is 11.6 Å². The van der Waals surface area contributed by atoms with Crippen molar-refractivity contribution < 1.29 is 9.53 Å². The maximum atomic E-state index is 11.7. The Morgan fingerprint density at radius 1 is 1.42 bits per heavy atom.